The molecule has 15 heavy (non-hydrogen) atoms. The lowest BCUT2D eigenvalue weighted by Crippen LogP contribution is -2.05. The Hall–Kier alpha value is -0.740. The van der Waals surface area contributed by atoms with Crippen LogP contribution in [0.15, 0.2) is 16.6 Å². The van der Waals surface area contributed by atoms with E-state index in [-0.39, 0.29) is 0 Å². The summed E-state index contributed by atoms with van der Waals surface area (Å²) >= 11 is 3.42. The molecule has 1 fully saturated rings. The molecule has 1 saturated carbocycles. The molecule has 2 N–H and O–H groups in total. The molecule has 0 bridgehead atoms. The number of halogens is 1. The smallest absolute Gasteiger partial charge is 0.166 e. The van der Waals surface area contributed by atoms with E-state index in [0.29, 0.717) is 12.6 Å². The first kappa shape index (κ1) is 10.8. The van der Waals surface area contributed by atoms with Crippen molar-refractivity contribution in [2.24, 2.45) is 5.73 Å². The minimum Gasteiger partial charge on any atom is -0.493 e. The van der Waals surface area contributed by atoms with E-state index in [1.165, 1.54) is 0 Å². The van der Waals surface area contributed by atoms with Gasteiger partial charge in [-0.3, -0.25) is 0 Å². The Bertz CT molecular complexity index is 339. The first-order valence-electron chi connectivity index (χ1n) is 4.97. The number of hydrogen-bond donors (Lipinski definition) is 1. The highest BCUT2D eigenvalue weighted by Gasteiger charge is 2.26. The summed E-state index contributed by atoms with van der Waals surface area (Å²) in [5.41, 5.74) is 6.66. The van der Waals surface area contributed by atoms with Crippen LogP contribution in [0.2, 0.25) is 0 Å². The number of nitrogens with two attached hydrogens (primary N) is 1. The third-order valence-corrected chi connectivity index (χ3v) is 2.80. The average Bonchev–Trinajstić information content (AvgIpc) is 3.03. The SMILES string of the molecule is COc1cc(Br)cc(CN)c1OC1CC1. The zero-order valence-corrected chi connectivity index (χ0v) is 10.2. The van der Waals surface area contributed by atoms with Crippen LogP contribution < -0.4 is 15.2 Å². The molecule has 1 aromatic carbocycles. The maximum Gasteiger partial charge on any atom is 0.166 e. The van der Waals surface area contributed by atoms with Gasteiger partial charge in [-0.25, -0.2) is 0 Å². The lowest BCUT2D eigenvalue weighted by molar-refractivity contribution is 0.279. The molecular weight excluding hydrogens is 258 g/mol. The normalized spacial score (nSPS) is 15.1. The van der Waals surface area contributed by atoms with E-state index >= 15 is 0 Å². The van der Waals surface area contributed by atoms with Gasteiger partial charge in [-0.1, -0.05) is 15.9 Å². The minimum atomic E-state index is 0.352. The molecule has 0 saturated heterocycles. The summed E-state index contributed by atoms with van der Waals surface area (Å²) in [5, 5.41) is 0. The molecule has 82 valence electrons. The Kier molecular flexibility index (Phi) is 3.17. The van der Waals surface area contributed by atoms with Gasteiger partial charge < -0.3 is 15.2 Å². The van der Waals surface area contributed by atoms with Crippen LogP contribution in [0, 0.1) is 0 Å². The fraction of sp³-hybridized carbons (Fsp3) is 0.455. The Balaban J connectivity index is 2.36. The second-order valence-corrected chi connectivity index (χ2v) is 4.53. The van der Waals surface area contributed by atoms with Crippen molar-refractivity contribution >= 4 is 15.9 Å². The van der Waals surface area contributed by atoms with Gasteiger partial charge in [0.15, 0.2) is 11.5 Å². The molecule has 0 radical (unpaired) electrons. The van der Waals surface area contributed by atoms with E-state index in [0.717, 1.165) is 34.4 Å². The van der Waals surface area contributed by atoms with Crippen molar-refractivity contribution in [1.29, 1.82) is 0 Å². The highest BCUT2D eigenvalue weighted by Crippen LogP contribution is 2.38. The van der Waals surface area contributed by atoms with Crippen molar-refractivity contribution in [2.45, 2.75) is 25.5 Å². The molecule has 1 aromatic rings. The number of methoxy groups -OCH3 is 1. The predicted molar refractivity (Wildman–Crippen MR) is 62.2 cm³/mol. The van der Waals surface area contributed by atoms with Crippen LogP contribution in [0.25, 0.3) is 0 Å². The summed E-state index contributed by atoms with van der Waals surface area (Å²) in [7, 11) is 1.64. The van der Waals surface area contributed by atoms with Crippen LogP contribution in [0.1, 0.15) is 18.4 Å². The molecule has 0 unspecified atom stereocenters. The molecule has 3 nitrogen and oxygen atoms in total. The average molecular weight is 272 g/mol. The van der Waals surface area contributed by atoms with Gasteiger partial charge in [0, 0.05) is 16.6 Å². The van der Waals surface area contributed by atoms with Crippen molar-refractivity contribution in [1.82, 2.24) is 0 Å². The summed E-state index contributed by atoms with van der Waals surface area (Å²) in [6.07, 6.45) is 2.61. The molecule has 2 rings (SSSR count). The fourth-order valence-corrected chi connectivity index (χ4v) is 1.90. The Morgan fingerprint density at radius 3 is 2.73 bits per heavy atom. The molecule has 0 heterocycles. The van der Waals surface area contributed by atoms with E-state index in [2.05, 4.69) is 15.9 Å². The van der Waals surface area contributed by atoms with Gasteiger partial charge in [0.2, 0.25) is 0 Å². The van der Waals surface area contributed by atoms with Gasteiger partial charge in [0.05, 0.1) is 13.2 Å². The number of ether oxygens (including phenoxy) is 2. The molecule has 0 aromatic heterocycles. The maximum atomic E-state index is 5.80. The van der Waals surface area contributed by atoms with Crippen LogP contribution in [0.4, 0.5) is 0 Å². The fourth-order valence-electron chi connectivity index (χ4n) is 1.41. The molecule has 0 aliphatic heterocycles. The summed E-state index contributed by atoms with van der Waals surface area (Å²) in [5.74, 6) is 1.54. The molecule has 1 aliphatic carbocycles. The van der Waals surface area contributed by atoms with E-state index in [1.807, 2.05) is 12.1 Å². The predicted octanol–water partition coefficient (Wildman–Crippen LogP) is 2.46. The first-order valence-corrected chi connectivity index (χ1v) is 5.77. The lowest BCUT2D eigenvalue weighted by atomic mass is 10.2. The molecule has 4 heteroatoms. The van der Waals surface area contributed by atoms with Crippen molar-refractivity contribution < 1.29 is 9.47 Å². The van der Waals surface area contributed by atoms with E-state index < -0.39 is 0 Å². The van der Waals surface area contributed by atoms with Crippen molar-refractivity contribution in [2.75, 3.05) is 7.11 Å². The van der Waals surface area contributed by atoms with Gasteiger partial charge in [0.1, 0.15) is 0 Å². The highest BCUT2D eigenvalue weighted by atomic mass is 79.9. The van der Waals surface area contributed by atoms with E-state index in [4.69, 9.17) is 15.2 Å². The van der Waals surface area contributed by atoms with Crippen LogP contribution in [-0.4, -0.2) is 13.2 Å². The zero-order chi connectivity index (χ0) is 10.8. The van der Waals surface area contributed by atoms with Crippen LogP contribution in [0.3, 0.4) is 0 Å². The van der Waals surface area contributed by atoms with E-state index in [1.54, 1.807) is 7.11 Å². The molecule has 0 spiro atoms. The van der Waals surface area contributed by atoms with Gasteiger partial charge in [0.25, 0.3) is 0 Å². The standard InChI is InChI=1S/C11H14BrNO2/c1-14-10-5-8(12)4-7(6-13)11(10)15-9-2-3-9/h4-5,9H,2-3,6,13H2,1H3. The van der Waals surface area contributed by atoms with Crippen LogP contribution >= 0.6 is 15.9 Å². The number of benzene rings is 1. The van der Waals surface area contributed by atoms with Crippen LogP contribution in [0.5, 0.6) is 11.5 Å². The van der Waals surface area contributed by atoms with Gasteiger partial charge in [-0.05, 0) is 25.0 Å². The molecule has 1 aliphatic rings. The highest BCUT2D eigenvalue weighted by molar-refractivity contribution is 9.10. The molecule has 0 atom stereocenters. The van der Waals surface area contributed by atoms with Gasteiger partial charge in [-0.15, -0.1) is 0 Å². The minimum absolute atomic E-state index is 0.352. The number of hydrogen-bond acceptors (Lipinski definition) is 3. The molecular formula is C11H14BrNO2. The Morgan fingerprint density at radius 2 is 2.20 bits per heavy atom. The summed E-state index contributed by atoms with van der Waals surface area (Å²) in [6.45, 7) is 0.456. The first-order chi connectivity index (χ1) is 7.24. The topological polar surface area (TPSA) is 44.5 Å². The summed E-state index contributed by atoms with van der Waals surface area (Å²) < 4.78 is 12.0. The van der Waals surface area contributed by atoms with Crippen molar-refractivity contribution in [3.63, 3.8) is 0 Å². The van der Waals surface area contributed by atoms with Gasteiger partial charge in [-0.2, -0.15) is 0 Å². The zero-order valence-electron chi connectivity index (χ0n) is 8.63. The maximum absolute atomic E-state index is 5.80. The second-order valence-electron chi connectivity index (χ2n) is 3.62. The van der Waals surface area contributed by atoms with Crippen molar-refractivity contribution in [3.05, 3.63) is 22.2 Å². The van der Waals surface area contributed by atoms with Gasteiger partial charge >= 0.3 is 0 Å². The van der Waals surface area contributed by atoms with Crippen molar-refractivity contribution in [3.8, 4) is 11.5 Å². The third-order valence-electron chi connectivity index (χ3n) is 2.35. The van der Waals surface area contributed by atoms with E-state index in [9.17, 15) is 0 Å². The number of rotatable bonds is 4. The third kappa shape index (κ3) is 2.44. The lowest BCUT2D eigenvalue weighted by Gasteiger charge is -2.14. The Morgan fingerprint density at radius 1 is 1.47 bits per heavy atom. The summed E-state index contributed by atoms with van der Waals surface area (Å²) in [6, 6.07) is 3.87. The second kappa shape index (κ2) is 4.41. The quantitative estimate of drug-likeness (QED) is 0.915. The monoisotopic (exact) mass is 271 g/mol. The molecule has 0 amide bonds. The van der Waals surface area contributed by atoms with Crippen LogP contribution in [-0.2, 0) is 6.54 Å². The summed E-state index contributed by atoms with van der Waals surface area (Å²) in [4.78, 5) is 0. The Labute approximate surface area is 97.7 Å². The largest absolute Gasteiger partial charge is 0.493 e.